The van der Waals surface area contributed by atoms with Crippen LogP contribution in [-0.2, 0) is 0 Å². The average Bonchev–Trinajstić information content (AvgIpc) is 2.53. The Morgan fingerprint density at radius 3 is 2.10 bits per heavy atom. The van der Waals surface area contributed by atoms with Crippen molar-refractivity contribution in [1.29, 1.82) is 0 Å². The van der Waals surface area contributed by atoms with Crippen LogP contribution in [0.1, 0.15) is 11.6 Å². The molecule has 1 atom stereocenters. The van der Waals surface area contributed by atoms with E-state index in [1.807, 2.05) is 42.5 Å². The van der Waals surface area contributed by atoms with E-state index < -0.39 is 0 Å². The van der Waals surface area contributed by atoms with E-state index >= 15 is 0 Å². The largest absolute Gasteiger partial charge is 0.497 e. The quantitative estimate of drug-likeness (QED) is 0.849. The summed E-state index contributed by atoms with van der Waals surface area (Å²) in [5.41, 5.74) is 1.86. The minimum Gasteiger partial charge on any atom is -0.497 e. The molecule has 2 N–H and O–H groups in total. The van der Waals surface area contributed by atoms with Crippen molar-refractivity contribution < 1.29 is 14.6 Å². The number of benzene rings is 2. The van der Waals surface area contributed by atoms with Gasteiger partial charge in [0.25, 0.3) is 0 Å². The van der Waals surface area contributed by atoms with E-state index in [-0.39, 0.29) is 12.6 Å². The molecule has 0 spiro atoms. The van der Waals surface area contributed by atoms with Gasteiger partial charge in [0, 0.05) is 11.8 Å². The number of ether oxygens (including phenoxy) is 2. The van der Waals surface area contributed by atoms with E-state index in [1.165, 1.54) is 0 Å². The number of anilines is 1. The maximum Gasteiger partial charge on any atom is 0.122 e. The minimum atomic E-state index is -0.221. The Bertz CT molecular complexity index is 520. The predicted molar refractivity (Wildman–Crippen MR) is 79.4 cm³/mol. The molecule has 0 amide bonds. The molecule has 0 aliphatic heterocycles. The topological polar surface area (TPSA) is 50.7 Å². The third-order valence-electron chi connectivity index (χ3n) is 3.07. The van der Waals surface area contributed by atoms with Crippen molar-refractivity contribution in [3.05, 3.63) is 54.1 Å². The Kier molecular flexibility index (Phi) is 4.85. The number of rotatable bonds is 6. The first kappa shape index (κ1) is 14.2. The second-order valence-electron chi connectivity index (χ2n) is 4.39. The second kappa shape index (κ2) is 6.82. The number of hydrogen-bond donors (Lipinski definition) is 2. The zero-order chi connectivity index (χ0) is 14.4. The van der Waals surface area contributed by atoms with Gasteiger partial charge in [0.15, 0.2) is 0 Å². The highest BCUT2D eigenvalue weighted by molar-refractivity contribution is 5.47. The Morgan fingerprint density at radius 2 is 1.60 bits per heavy atom. The first-order valence-corrected chi connectivity index (χ1v) is 6.42. The average molecular weight is 273 g/mol. The molecule has 2 rings (SSSR count). The molecule has 0 radical (unpaired) electrons. The van der Waals surface area contributed by atoms with Crippen molar-refractivity contribution in [3.63, 3.8) is 0 Å². The van der Waals surface area contributed by atoms with Gasteiger partial charge in [-0.15, -0.1) is 0 Å². The van der Waals surface area contributed by atoms with Gasteiger partial charge in [0.2, 0.25) is 0 Å². The Balaban J connectivity index is 2.26. The molecule has 0 saturated heterocycles. The molecule has 0 aliphatic rings. The van der Waals surface area contributed by atoms with Crippen LogP contribution in [0, 0.1) is 0 Å². The summed E-state index contributed by atoms with van der Waals surface area (Å²) in [5, 5.41) is 12.9. The van der Waals surface area contributed by atoms with Gasteiger partial charge in [-0.2, -0.15) is 0 Å². The highest BCUT2D eigenvalue weighted by Crippen LogP contribution is 2.28. The van der Waals surface area contributed by atoms with Gasteiger partial charge in [-0.05, 0) is 29.8 Å². The van der Waals surface area contributed by atoms with Crippen molar-refractivity contribution in [2.45, 2.75) is 6.04 Å². The van der Waals surface area contributed by atoms with E-state index in [0.717, 1.165) is 11.3 Å². The lowest BCUT2D eigenvalue weighted by molar-refractivity contribution is 0.275. The van der Waals surface area contributed by atoms with Crippen molar-refractivity contribution in [2.75, 3.05) is 26.1 Å². The van der Waals surface area contributed by atoms with Gasteiger partial charge in [0.1, 0.15) is 11.5 Å². The Labute approximate surface area is 119 Å². The standard InChI is InChI=1S/C16H19NO3/c1-19-14-8-12(9-15(10-14)20-2)16(11-18)17-13-6-4-3-5-7-13/h3-10,16-18H,11H2,1-2H3. The summed E-state index contributed by atoms with van der Waals surface area (Å²) in [6.07, 6.45) is 0. The number of methoxy groups -OCH3 is 2. The molecule has 2 aromatic rings. The molecule has 4 heteroatoms. The summed E-state index contributed by atoms with van der Waals surface area (Å²) in [7, 11) is 3.22. The van der Waals surface area contributed by atoms with Crippen LogP contribution < -0.4 is 14.8 Å². The van der Waals surface area contributed by atoms with Gasteiger partial charge in [-0.25, -0.2) is 0 Å². The van der Waals surface area contributed by atoms with Crippen molar-refractivity contribution in [1.82, 2.24) is 0 Å². The summed E-state index contributed by atoms with van der Waals surface area (Å²) in [6, 6.07) is 15.1. The fourth-order valence-corrected chi connectivity index (χ4v) is 2.00. The van der Waals surface area contributed by atoms with E-state index in [0.29, 0.717) is 11.5 Å². The summed E-state index contributed by atoms with van der Waals surface area (Å²) in [6.45, 7) is -0.0226. The van der Waals surface area contributed by atoms with Crippen LogP contribution in [0.4, 0.5) is 5.69 Å². The third kappa shape index (κ3) is 3.42. The molecule has 0 fully saturated rings. The normalized spacial score (nSPS) is 11.8. The molecule has 0 aromatic heterocycles. The lowest BCUT2D eigenvalue weighted by Gasteiger charge is -2.19. The van der Waals surface area contributed by atoms with Gasteiger partial charge < -0.3 is 19.9 Å². The summed E-state index contributed by atoms with van der Waals surface area (Å²) >= 11 is 0. The van der Waals surface area contributed by atoms with Gasteiger partial charge in [-0.1, -0.05) is 18.2 Å². The lowest BCUT2D eigenvalue weighted by atomic mass is 10.1. The van der Waals surface area contributed by atoms with Crippen molar-refractivity contribution >= 4 is 5.69 Å². The molecule has 4 nitrogen and oxygen atoms in total. The fraction of sp³-hybridized carbons (Fsp3) is 0.250. The van der Waals surface area contributed by atoms with E-state index in [2.05, 4.69) is 5.32 Å². The van der Waals surface area contributed by atoms with Crippen LogP contribution in [0.15, 0.2) is 48.5 Å². The smallest absolute Gasteiger partial charge is 0.122 e. The van der Waals surface area contributed by atoms with E-state index in [9.17, 15) is 5.11 Å². The second-order valence-corrected chi connectivity index (χ2v) is 4.39. The van der Waals surface area contributed by atoms with Crippen LogP contribution in [-0.4, -0.2) is 25.9 Å². The highest BCUT2D eigenvalue weighted by atomic mass is 16.5. The molecule has 0 aliphatic carbocycles. The predicted octanol–water partition coefficient (Wildman–Crippen LogP) is 2.85. The molecular formula is C16H19NO3. The van der Waals surface area contributed by atoms with Crippen LogP contribution >= 0.6 is 0 Å². The molecule has 106 valence electrons. The molecular weight excluding hydrogens is 254 g/mol. The van der Waals surface area contributed by atoms with Crippen LogP contribution in [0.5, 0.6) is 11.5 Å². The first-order valence-electron chi connectivity index (χ1n) is 6.42. The van der Waals surface area contributed by atoms with Gasteiger partial charge in [-0.3, -0.25) is 0 Å². The molecule has 1 unspecified atom stereocenters. The first-order chi connectivity index (χ1) is 9.76. The SMILES string of the molecule is COc1cc(OC)cc(C(CO)Nc2ccccc2)c1. The maximum absolute atomic E-state index is 9.62. The number of hydrogen-bond acceptors (Lipinski definition) is 4. The summed E-state index contributed by atoms with van der Waals surface area (Å²) in [4.78, 5) is 0. The van der Waals surface area contributed by atoms with Crippen molar-refractivity contribution in [3.8, 4) is 11.5 Å². The van der Waals surface area contributed by atoms with Gasteiger partial charge in [0.05, 0.1) is 26.9 Å². The highest BCUT2D eigenvalue weighted by Gasteiger charge is 2.13. The number of para-hydroxylation sites is 1. The minimum absolute atomic E-state index is 0.0226. The molecule has 2 aromatic carbocycles. The van der Waals surface area contributed by atoms with Crippen LogP contribution in [0.2, 0.25) is 0 Å². The lowest BCUT2D eigenvalue weighted by Crippen LogP contribution is -2.15. The Morgan fingerprint density at radius 1 is 1.00 bits per heavy atom. The maximum atomic E-state index is 9.62. The third-order valence-corrected chi connectivity index (χ3v) is 3.07. The van der Waals surface area contributed by atoms with E-state index in [4.69, 9.17) is 9.47 Å². The van der Waals surface area contributed by atoms with Crippen LogP contribution in [0.25, 0.3) is 0 Å². The fourth-order valence-electron chi connectivity index (χ4n) is 2.00. The molecule has 20 heavy (non-hydrogen) atoms. The van der Waals surface area contributed by atoms with Crippen LogP contribution in [0.3, 0.4) is 0 Å². The monoisotopic (exact) mass is 273 g/mol. The van der Waals surface area contributed by atoms with Crippen molar-refractivity contribution in [2.24, 2.45) is 0 Å². The zero-order valence-corrected chi connectivity index (χ0v) is 11.7. The molecule has 0 bridgehead atoms. The number of aliphatic hydroxyl groups is 1. The Hall–Kier alpha value is -2.20. The molecule has 0 heterocycles. The molecule has 0 saturated carbocycles. The summed E-state index contributed by atoms with van der Waals surface area (Å²) < 4.78 is 10.5. The number of aliphatic hydroxyl groups excluding tert-OH is 1. The summed E-state index contributed by atoms with van der Waals surface area (Å²) in [5.74, 6) is 1.40. The zero-order valence-electron chi connectivity index (χ0n) is 11.7. The van der Waals surface area contributed by atoms with Gasteiger partial charge >= 0.3 is 0 Å². The van der Waals surface area contributed by atoms with E-state index in [1.54, 1.807) is 20.3 Å². The number of nitrogens with one attached hydrogen (secondary N) is 1.